The highest BCUT2D eigenvalue weighted by Crippen LogP contribution is 2.27. The number of carbonyl (C=O) groups is 1. The molecule has 0 aromatic heterocycles. The predicted molar refractivity (Wildman–Crippen MR) is 59.7 cm³/mol. The molecule has 1 saturated heterocycles. The summed E-state index contributed by atoms with van der Waals surface area (Å²) >= 11 is 0. The molecule has 1 N–H and O–H groups in total. The van der Waals surface area contributed by atoms with Gasteiger partial charge in [0.1, 0.15) is 5.54 Å². The van der Waals surface area contributed by atoms with Crippen molar-refractivity contribution in [2.75, 3.05) is 20.7 Å². The molecule has 2 unspecified atom stereocenters. The van der Waals surface area contributed by atoms with Gasteiger partial charge in [-0.15, -0.1) is 0 Å². The minimum atomic E-state index is -0.517. The van der Waals surface area contributed by atoms with Gasteiger partial charge in [-0.1, -0.05) is 0 Å². The van der Waals surface area contributed by atoms with Crippen molar-refractivity contribution in [2.45, 2.75) is 44.8 Å². The summed E-state index contributed by atoms with van der Waals surface area (Å²) in [4.78, 5) is 14.0. The number of carbonyl (C=O) groups excluding carboxylic acids is 1. The van der Waals surface area contributed by atoms with Gasteiger partial charge in [0.05, 0.1) is 7.11 Å². The van der Waals surface area contributed by atoms with Crippen LogP contribution in [0.15, 0.2) is 0 Å². The third-order valence-corrected chi connectivity index (χ3v) is 3.06. The molecule has 0 amide bonds. The van der Waals surface area contributed by atoms with E-state index >= 15 is 0 Å². The highest BCUT2D eigenvalue weighted by Gasteiger charge is 2.47. The Hall–Kier alpha value is -0.610. The van der Waals surface area contributed by atoms with Gasteiger partial charge in [-0.25, -0.2) is 0 Å². The van der Waals surface area contributed by atoms with Crippen LogP contribution in [0.4, 0.5) is 0 Å². The highest BCUT2D eigenvalue weighted by atomic mass is 16.5. The smallest absolute Gasteiger partial charge is 0.327 e. The molecule has 0 bridgehead atoms. The lowest BCUT2D eigenvalue weighted by Gasteiger charge is -2.29. The number of likely N-dealkylation sites (tertiary alicyclic amines) is 1. The SMILES string of the molecule is COC(=O)C1(NC(C)C)CC(C)N(C)C1. The van der Waals surface area contributed by atoms with E-state index in [1.54, 1.807) is 0 Å². The van der Waals surface area contributed by atoms with Crippen LogP contribution in [-0.2, 0) is 9.53 Å². The van der Waals surface area contributed by atoms with Crippen molar-refractivity contribution >= 4 is 5.97 Å². The van der Waals surface area contributed by atoms with E-state index in [9.17, 15) is 4.79 Å². The standard InChI is InChI=1S/C11H22N2O2/c1-8(2)12-11(10(14)15-5)6-9(3)13(4)7-11/h8-9,12H,6-7H2,1-5H3. The molecule has 1 heterocycles. The van der Waals surface area contributed by atoms with E-state index in [0.29, 0.717) is 6.04 Å². The van der Waals surface area contributed by atoms with Crippen LogP contribution in [0, 0.1) is 0 Å². The monoisotopic (exact) mass is 214 g/mol. The van der Waals surface area contributed by atoms with Gasteiger partial charge in [-0.2, -0.15) is 0 Å². The van der Waals surface area contributed by atoms with Crippen molar-refractivity contribution in [3.05, 3.63) is 0 Å². The van der Waals surface area contributed by atoms with Gasteiger partial charge in [0.15, 0.2) is 0 Å². The Kier molecular flexibility index (Phi) is 3.73. The summed E-state index contributed by atoms with van der Waals surface area (Å²) in [5.41, 5.74) is -0.517. The van der Waals surface area contributed by atoms with E-state index in [2.05, 4.69) is 17.1 Å². The van der Waals surface area contributed by atoms with E-state index in [-0.39, 0.29) is 12.0 Å². The Labute approximate surface area is 92.0 Å². The number of esters is 1. The van der Waals surface area contributed by atoms with Crippen LogP contribution >= 0.6 is 0 Å². The van der Waals surface area contributed by atoms with Gasteiger partial charge in [0.25, 0.3) is 0 Å². The van der Waals surface area contributed by atoms with Gasteiger partial charge in [-0.05, 0) is 34.2 Å². The molecule has 15 heavy (non-hydrogen) atoms. The highest BCUT2D eigenvalue weighted by molar-refractivity contribution is 5.81. The lowest BCUT2D eigenvalue weighted by atomic mass is 9.95. The molecule has 0 aromatic carbocycles. The van der Waals surface area contributed by atoms with Crippen molar-refractivity contribution in [3.63, 3.8) is 0 Å². The quantitative estimate of drug-likeness (QED) is 0.699. The minimum Gasteiger partial charge on any atom is -0.468 e. The molecule has 4 heteroatoms. The Morgan fingerprint density at radius 3 is 2.53 bits per heavy atom. The predicted octanol–water partition coefficient (Wildman–Crippen LogP) is 0.620. The molecule has 2 atom stereocenters. The van der Waals surface area contributed by atoms with Crippen molar-refractivity contribution in [3.8, 4) is 0 Å². The summed E-state index contributed by atoms with van der Waals surface area (Å²) < 4.78 is 4.91. The van der Waals surface area contributed by atoms with Crippen molar-refractivity contribution in [2.24, 2.45) is 0 Å². The maximum atomic E-state index is 11.9. The first-order valence-corrected chi connectivity index (χ1v) is 5.47. The van der Waals surface area contributed by atoms with Crippen LogP contribution in [0.3, 0.4) is 0 Å². The Bertz CT molecular complexity index is 225. The molecular weight excluding hydrogens is 192 g/mol. The topological polar surface area (TPSA) is 41.6 Å². The molecule has 0 aromatic rings. The molecule has 1 aliphatic rings. The second-order valence-electron chi connectivity index (χ2n) is 4.84. The van der Waals surface area contributed by atoms with E-state index in [4.69, 9.17) is 4.74 Å². The molecule has 1 aliphatic heterocycles. The molecular formula is C11H22N2O2. The number of nitrogens with one attached hydrogen (secondary N) is 1. The van der Waals surface area contributed by atoms with Crippen LogP contribution in [0.2, 0.25) is 0 Å². The first-order valence-electron chi connectivity index (χ1n) is 5.47. The van der Waals surface area contributed by atoms with Gasteiger partial charge < -0.3 is 9.64 Å². The molecule has 0 saturated carbocycles. The summed E-state index contributed by atoms with van der Waals surface area (Å²) in [6.45, 7) is 6.95. The Morgan fingerprint density at radius 2 is 2.20 bits per heavy atom. The van der Waals surface area contributed by atoms with Gasteiger partial charge in [0.2, 0.25) is 0 Å². The van der Waals surface area contributed by atoms with Crippen LogP contribution < -0.4 is 5.32 Å². The largest absolute Gasteiger partial charge is 0.468 e. The first kappa shape index (κ1) is 12.5. The summed E-state index contributed by atoms with van der Waals surface area (Å²) in [6, 6.07) is 0.693. The summed E-state index contributed by atoms with van der Waals surface area (Å²) in [5, 5.41) is 3.35. The molecule has 88 valence electrons. The summed E-state index contributed by atoms with van der Waals surface area (Å²) in [6.07, 6.45) is 0.814. The fraction of sp³-hybridized carbons (Fsp3) is 0.909. The van der Waals surface area contributed by atoms with Crippen molar-refractivity contribution in [1.82, 2.24) is 10.2 Å². The minimum absolute atomic E-state index is 0.146. The zero-order valence-corrected chi connectivity index (χ0v) is 10.3. The number of methoxy groups -OCH3 is 1. The second-order valence-corrected chi connectivity index (χ2v) is 4.84. The number of ether oxygens (including phenoxy) is 1. The molecule has 1 fully saturated rings. The van der Waals surface area contributed by atoms with E-state index in [1.165, 1.54) is 7.11 Å². The average molecular weight is 214 g/mol. The van der Waals surface area contributed by atoms with Crippen molar-refractivity contribution < 1.29 is 9.53 Å². The third-order valence-electron chi connectivity index (χ3n) is 3.06. The number of likely N-dealkylation sites (N-methyl/N-ethyl adjacent to an activating group) is 1. The van der Waals surface area contributed by atoms with Gasteiger partial charge in [0, 0.05) is 18.6 Å². The lowest BCUT2D eigenvalue weighted by molar-refractivity contribution is -0.148. The number of rotatable bonds is 3. The zero-order chi connectivity index (χ0) is 11.6. The molecule has 1 rings (SSSR count). The maximum Gasteiger partial charge on any atom is 0.327 e. The van der Waals surface area contributed by atoms with E-state index in [1.807, 2.05) is 20.9 Å². The van der Waals surface area contributed by atoms with Crippen LogP contribution in [-0.4, -0.2) is 49.2 Å². The first-order chi connectivity index (χ1) is 6.91. The van der Waals surface area contributed by atoms with Crippen LogP contribution in [0.5, 0.6) is 0 Å². The van der Waals surface area contributed by atoms with Crippen LogP contribution in [0.25, 0.3) is 0 Å². The van der Waals surface area contributed by atoms with Crippen molar-refractivity contribution in [1.29, 1.82) is 0 Å². The summed E-state index contributed by atoms with van der Waals surface area (Å²) in [5.74, 6) is -0.146. The molecule has 4 nitrogen and oxygen atoms in total. The molecule has 0 radical (unpaired) electrons. The van der Waals surface area contributed by atoms with E-state index in [0.717, 1.165) is 13.0 Å². The van der Waals surface area contributed by atoms with Gasteiger partial charge in [-0.3, -0.25) is 10.1 Å². The van der Waals surface area contributed by atoms with Gasteiger partial charge >= 0.3 is 5.97 Å². The number of hydrogen-bond donors (Lipinski definition) is 1. The number of hydrogen-bond acceptors (Lipinski definition) is 4. The third kappa shape index (κ3) is 2.49. The van der Waals surface area contributed by atoms with Crippen LogP contribution in [0.1, 0.15) is 27.2 Å². The Balaban J connectivity index is 2.84. The van der Waals surface area contributed by atoms with E-state index < -0.39 is 5.54 Å². The fourth-order valence-electron chi connectivity index (χ4n) is 2.37. The lowest BCUT2D eigenvalue weighted by Crippen LogP contribution is -2.56. The Morgan fingerprint density at radius 1 is 1.60 bits per heavy atom. The number of nitrogens with zero attached hydrogens (tertiary/aromatic N) is 1. The summed E-state index contributed by atoms with van der Waals surface area (Å²) in [7, 11) is 3.49. The second kappa shape index (κ2) is 4.49. The zero-order valence-electron chi connectivity index (χ0n) is 10.3. The maximum absolute atomic E-state index is 11.9. The fourth-order valence-corrected chi connectivity index (χ4v) is 2.37. The molecule has 0 spiro atoms. The normalized spacial score (nSPS) is 32.3. The average Bonchev–Trinajstić information content (AvgIpc) is 2.41. The molecule has 0 aliphatic carbocycles.